The molecule has 22 heteroatoms. The second-order valence-corrected chi connectivity index (χ2v) is 24.6. The number of ketones is 3. The van der Waals surface area contributed by atoms with E-state index in [9.17, 15) is 43.5 Å². The number of rotatable bonds is 26. The van der Waals surface area contributed by atoms with E-state index in [0.717, 1.165) is 36.0 Å². The first kappa shape index (κ1) is 68.6. The number of urea groups is 1. The number of nitrogens with two attached hydrogens (primary N) is 1. The van der Waals surface area contributed by atoms with Crippen LogP contribution >= 0.6 is 43.5 Å². The fraction of sp³-hybridized carbons (Fsp3) is 0.607. The number of nitrogens with zero attached hydrogens (tertiary/aromatic N) is 1. The van der Waals surface area contributed by atoms with Crippen LogP contribution in [0.5, 0.6) is 5.75 Å². The molecule has 2 saturated heterocycles. The van der Waals surface area contributed by atoms with Crippen molar-refractivity contribution < 1.29 is 67.1 Å². The number of aliphatic hydroxyl groups is 1. The number of Topliss-reactive ketones (excluding diaryl/α,β-unsaturated/α-hetero) is 3. The molecule has 5 amide bonds. The predicted molar refractivity (Wildman–Crippen MR) is 324 cm³/mol. The molecule has 0 radical (unpaired) electrons. The fourth-order valence-electron chi connectivity index (χ4n) is 10.9. The van der Waals surface area contributed by atoms with Crippen LogP contribution in [0.15, 0.2) is 54.1 Å². The Hall–Kier alpha value is -5.19. The number of epoxide rings is 1. The lowest BCUT2D eigenvalue weighted by atomic mass is 9.78. The average Bonchev–Trinajstić information content (AvgIpc) is 4.01. The maximum absolute atomic E-state index is 14.4. The van der Waals surface area contributed by atoms with Crippen LogP contribution in [0.4, 0.5) is 21.0 Å². The number of esters is 1. The molecule has 0 unspecified atom stereocenters. The first-order valence-electron chi connectivity index (χ1n) is 28.5. The number of ether oxygens (including phenoxy) is 5. The summed E-state index contributed by atoms with van der Waals surface area (Å²) in [6, 6.07) is 6.65. The standard InChI is InChI=1S/C61H84Br2ClN5O14/c1-35(2)44(29-43(70)17-12-10-11-13-19-47(71)41(33-62)34-63)57(75)68-45(18-15-23-66-58(65)76)48(72)27-40-21-22-42(28-49(40)79-8)67-59(77)82-52-30-53(73)69(7)46-26-39(25-37(4)55(46)64)24-36(3)16-14-20-51(80-9)61(78)31-50(81-54(74)32-61)38(5)56-60(52,6)83-56/h14,16,20-22,25-26,28,35,38,41,44-45,50-52,56,78H,10-13,15,17-19,23-24,27,29-34H2,1-9H3,(H,67,77)(H,68,75)(H3,65,66,76)/b20-14+,36-16+/t38-,44+,45+,50+,51-,52+,56+,60+,61-/m1/s1. The molecule has 0 spiro atoms. The number of hydrogen-bond acceptors (Lipinski definition) is 14. The molecule has 19 nitrogen and oxygen atoms in total. The topological polar surface area (TPSA) is 272 Å². The summed E-state index contributed by atoms with van der Waals surface area (Å²) in [4.78, 5) is 108. The van der Waals surface area contributed by atoms with Crippen LogP contribution in [-0.2, 0) is 60.6 Å². The Kier molecular flexibility index (Phi) is 26.3. The highest BCUT2D eigenvalue weighted by Crippen LogP contribution is 2.50. The van der Waals surface area contributed by atoms with Crippen molar-refractivity contribution in [2.24, 2.45) is 29.4 Å². The van der Waals surface area contributed by atoms with Crippen molar-refractivity contribution in [1.82, 2.24) is 10.6 Å². The minimum absolute atomic E-state index is 0.00725. The van der Waals surface area contributed by atoms with E-state index in [1.165, 1.54) is 25.2 Å². The lowest BCUT2D eigenvalue weighted by Gasteiger charge is -2.41. The van der Waals surface area contributed by atoms with E-state index >= 15 is 0 Å². The van der Waals surface area contributed by atoms with Crippen LogP contribution in [-0.4, -0.2) is 132 Å². The van der Waals surface area contributed by atoms with Crippen LogP contribution in [0.1, 0.15) is 128 Å². The summed E-state index contributed by atoms with van der Waals surface area (Å²) < 4.78 is 29.8. The number of primary amides is 1. The van der Waals surface area contributed by atoms with Gasteiger partial charge in [-0.15, -0.1) is 0 Å². The van der Waals surface area contributed by atoms with Gasteiger partial charge in [-0.2, -0.15) is 0 Å². The Labute approximate surface area is 509 Å². The van der Waals surface area contributed by atoms with Gasteiger partial charge >= 0.3 is 18.1 Å². The van der Waals surface area contributed by atoms with Gasteiger partial charge < -0.3 is 50.1 Å². The van der Waals surface area contributed by atoms with Crippen molar-refractivity contribution in [3.8, 4) is 5.75 Å². The number of amides is 5. The number of allylic oxidation sites excluding steroid dienone is 3. The number of halogens is 3. The lowest BCUT2D eigenvalue weighted by molar-refractivity contribution is -0.187. The van der Waals surface area contributed by atoms with E-state index in [1.54, 1.807) is 45.2 Å². The quantitative estimate of drug-likeness (QED) is 0.0254. The minimum Gasteiger partial charge on any atom is -0.496 e. The number of anilines is 2. The van der Waals surface area contributed by atoms with Gasteiger partial charge in [0.1, 0.15) is 46.8 Å². The molecule has 3 aliphatic rings. The molecular weight excluding hydrogens is 1220 g/mol. The molecule has 3 aliphatic heterocycles. The molecular formula is C61H84Br2ClN5O14. The SMILES string of the molecule is COc1cc(NC(=O)O[C@H]2CC(=O)N(C)c3cc(cc(C)c3Cl)C/C(C)=C/C=C/[C@@H](OC)[C@]3(O)CC(=O)O[C@@H](C3)[C@@H](C)[C@@H]3O[C@@]23C)ccc1CC(=O)[C@H](CCCNC(N)=O)NC(=O)[C@@H](CC(=O)CCCCCCC(=O)C(CBr)CBr)C(C)C. The summed E-state index contributed by atoms with van der Waals surface area (Å²) in [5.41, 5.74) is 6.04. The number of nitrogens with one attached hydrogen (secondary N) is 3. The second-order valence-electron chi connectivity index (χ2n) is 22.9. The summed E-state index contributed by atoms with van der Waals surface area (Å²) in [6.07, 6.45) is 4.58. The third-order valence-corrected chi connectivity index (χ3v) is 18.1. The molecule has 2 aromatic carbocycles. The molecule has 2 aromatic rings. The molecule has 3 heterocycles. The van der Waals surface area contributed by atoms with E-state index in [4.69, 9.17) is 41.0 Å². The van der Waals surface area contributed by atoms with Crippen LogP contribution < -0.4 is 31.3 Å². The van der Waals surface area contributed by atoms with Crippen molar-refractivity contribution in [3.63, 3.8) is 0 Å². The van der Waals surface area contributed by atoms with Gasteiger partial charge in [-0.1, -0.05) is 113 Å². The number of aryl methyl sites for hydroxylation is 1. The van der Waals surface area contributed by atoms with Crippen molar-refractivity contribution in [2.45, 2.75) is 173 Å². The molecule has 0 aromatic heterocycles. The average molecular weight is 1310 g/mol. The molecule has 0 aliphatic carbocycles. The van der Waals surface area contributed by atoms with E-state index in [0.29, 0.717) is 52.6 Å². The largest absolute Gasteiger partial charge is 0.496 e. The van der Waals surface area contributed by atoms with E-state index in [-0.39, 0.29) is 92.1 Å². The number of carbonyl (C=O) groups is 8. The Morgan fingerprint density at radius 3 is 2.33 bits per heavy atom. The van der Waals surface area contributed by atoms with Crippen LogP contribution in [0.25, 0.3) is 0 Å². The maximum Gasteiger partial charge on any atom is 0.412 e. The number of unbranched alkanes of at least 4 members (excludes halogenated alkanes) is 3. The summed E-state index contributed by atoms with van der Waals surface area (Å²) in [5.74, 6) is -3.12. The molecule has 4 bridgehead atoms. The highest BCUT2D eigenvalue weighted by Gasteiger charge is 2.64. The minimum atomic E-state index is -1.63. The van der Waals surface area contributed by atoms with E-state index in [1.807, 2.05) is 45.9 Å². The van der Waals surface area contributed by atoms with E-state index < -0.39 is 83.4 Å². The van der Waals surface area contributed by atoms with Gasteiger partial charge in [0.05, 0.1) is 42.8 Å². The second kappa shape index (κ2) is 31.8. The Morgan fingerprint density at radius 1 is 0.976 bits per heavy atom. The highest BCUT2D eigenvalue weighted by atomic mass is 79.9. The number of benzene rings is 2. The van der Waals surface area contributed by atoms with Crippen molar-refractivity contribution in [2.75, 3.05) is 48.7 Å². The zero-order valence-electron chi connectivity index (χ0n) is 49.2. The normalized spacial score (nSPS) is 24.5. The summed E-state index contributed by atoms with van der Waals surface area (Å²) >= 11 is 13.6. The molecule has 6 N–H and O–H groups in total. The first-order valence-corrected chi connectivity index (χ1v) is 31.1. The van der Waals surface area contributed by atoms with Gasteiger partial charge in [-0.3, -0.25) is 34.1 Å². The third-order valence-electron chi connectivity index (χ3n) is 16.1. The molecule has 0 saturated carbocycles. The molecule has 9 atom stereocenters. The van der Waals surface area contributed by atoms with Gasteiger partial charge in [-0.05, 0) is 82.1 Å². The zero-order chi connectivity index (χ0) is 61.3. The predicted octanol–water partition coefficient (Wildman–Crippen LogP) is 9.52. The highest BCUT2D eigenvalue weighted by molar-refractivity contribution is 9.09. The van der Waals surface area contributed by atoms with Gasteiger partial charge in [-0.25, -0.2) is 9.59 Å². The van der Waals surface area contributed by atoms with Crippen LogP contribution in [0.3, 0.4) is 0 Å². The summed E-state index contributed by atoms with van der Waals surface area (Å²) in [6.45, 7) is 11.1. The fourth-order valence-corrected chi connectivity index (χ4v) is 13.0. The van der Waals surface area contributed by atoms with Gasteiger partial charge in [0.25, 0.3) is 0 Å². The smallest absolute Gasteiger partial charge is 0.412 e. The third kappa shape index (κ3) is 19.4. The van der Waals surface area contributed by atoms with Gasteiger partial charge in [0.2, 0.25) is 11.8 Å². The lowest BCUT2D eigenvalue weighted by Crippen LogP contribution is -2.53. The molecule has 458 valence electrons. The van der Waals surface area contributed by atoms with Crippen LogP contribution in [0.2, 0.25) is 5.02 Å². The zero-order valence-corrected chi connectivity index (χ0v) is 53.2. The van der Waals surface area contributed by atoms with Crippen molar-refractivity contribution >= 4 is 102 Å². The molecule has 83 heavy (non-hydrogen) atoms. The Balaban J connectivity index is 1.32. The van der Waals surface area contributed by atoms with Crippen molar-refractivity contribution in [1.29, 1.82) is 0 Å². The number of alkyl halides is 2. The van der Waals surface area contributed by atoms with Crippen molar-refractivity contribution in [3.05, 3.63) is 75.8 Å². The Morgan fingerprint density at radius 2 is 1.67 bits per heavy atom. The first-order chi connectivity index (χ1) is 39.3. The molecule has 5 rings (SSSR count). The summed E-state index contributed by atoms with van der Waals surface area (Å²) in [7, 11) is 4.45. The van der Waals surface area contributed by atoms with Gasteiger partial charge in [0, 0.05) is 98.5 Å². The number of methoxy groups -OCH3 is 2. The molecule has 2 fully saturated rings. The monoisotopic (exact) mass is 1300 g/mol. The maximum atomic E-state index is 14.4. The number of fused-ring (bicyclic) bond motifs is 5. The summed E-state index contributed by atoms with van der Waals surface area (Å²) in [5, 5.41) is 21.7. The van der Waals surface area contributed by atoms with Gasteiger partial charge in [0.15, 0.2) is 5.78 Å². The van der Waals surface area contributed by atoms with Crippen LogP contribution in [0, 0.1) is 30.6 Å². The van der Waals surface area contributed by atoms with E-state index in [2.05, 4.69) is 47.8 Å². The number of hydrogen-bond donors (Lipinski definition) is 5. The Bertz CT molecular complexity index is 2720. The number of carbonyl (C=O) groups excluding carboxylic acids is 8.